The van der Waals surface area contributed by atoms with Crippen molar-refractivity contribution in [2.24, 2.45) is 16.1 Å². The van der Waals surface area contributed by atoms with E-state index in [0.717, 1.165) is 11.3 Å². The van der Waals surface area contributed by atoms with Crippen LogP contribution >= 0.6 is 11.8 Å². The first-order chi connectivity index (χ1) is 10.9. The van der Waals surface area contributed by atoms with E-state index in [0.29, 0.717) is 5.17 Å². The number of rotatable bonds is 5. The molecular formula is C16H20N4O2S. The predicted octanol–water partition coefficient (Wildman–Crippen LogP) is 2.55. The molecule has 2 N–H and O–H groups in total. The SMILES string of the molecule is Cc1ccc(NC(=O)CC2S/C(=N\N=C\C(C)C)NC2=O)cc1. The second-order valence-corrected chi connectivity index (χ2v) is 6.82. The number of thioether (sulfide) groups is 1. The highest BCUT2D eigenvalue weighted by Crippen LogP contribution is 2.23. The van der Waals surface area contributed by atoms with Crippen LogP contribution in [-0.4, -0.2) is 28.4 Å². The second-order valence-electron chi connectivity index (χ2n) is 5.63. The van der Waals surface area contributed by atoms with Crippen LogP contribution in [0, 0.1) is 12.8 Å². The Balaban J connectivity index is 1.88. The number of aryl methyl sites for hydroxylation is 1. The van der Waals surface area contributed by atoms with Crippen molar-refractivity contribution in [2.45, 2.75) is 32.4 Å². The zero-order valence-electron chi connectivity index (χ0n) is 13.4. The number of nitrogens with zero attached hydrogens (tertiary/aromatic N) is 2. The number of nitrogens with one attached hydrogen (secondary N) is 2. The summed E-state index contributed by atoms with van der Waals surface area (Å²) in [7, 11) is 0. The quantitative estimate of drug-likeness (QED) is 0.642. The Morgan fingerprint density at radius 3 is 2.74 bits per heavy atom. The Morgan fingerprint density at radius 2 is 2.09 bits per heavy atom. The lowest BCUT2D eigenvalue weighted by Crippen LogP contribution is -2.28. The number of anilines is 1. The first kappa shape index (κ1) is 17.2. The standard InChI is InChI=1S/C16H20N4O2S/c1-10(2)9-17-20-16-19-15(22)13(23-16)8-14(21)18-12-6-4-11(3)5-7-12/h4-7,9-10,13H,8H2,1-3H3,(H,18,21)(H,19,20,22)/b17-9+. The van der Waals surface area contributed by atoms with Gasteiger partial charge in [-0.2, -0.15) is 5.10 Å². The molecule has 1 aliphatic heterocycles. The normalized spacial score (nSPS) is 19.6. The molecular weight excluding hydrogens is 312 g/mol. The van der Waals surface area contributed by atoms with Gasteiger partial charge in [0.2, 0.25) is 11.8 Å². The third-order valence-electron chi connectivity index (χ3n) is 3.00. The monoisotopic (exact) mass is 332 g/mol. The Hall–Kier alpha value is -2.15. The van der Waals surface area contributed by atoms with Gasteiger partial charge in [0.05, 0.1) is 0 Å². The average Bonchev–Trinajstić information content (AvgIpc) is 2.81. The fourth-order valence-corrected chi connectivity index (χ4v) is 2.75. The van der Waals surface area contributed by atoms with Crippen molar-refractivity contribution in [1.82, 2.24) is 5.32 Å². The summed E-state index contributed by atoms with van der Waals surface area (Å²) in [6, 6.07) is 7.51. The van der Waals surface area contributed by atoms with Crippen molar-refractivity contribution in [3.05, 3.63) is 29.8 Å². The maximum Gasteiger partial charge on any atom is 0.240 e. The molecule has 0 saturated carbocycles. The predicted molar refractivity (Wildman–Crippen MR) is 94.7 cm³/mol. The lowest BCUT2D eigenvalue weighted by molar-refractivity contribution is -0.122. The van der Waals surface area contributed by atoms with Crippen LogP contribution in [0.15, 0.2) is 34.5 Å². The van der Waals surface area contributed by atoms with Gasteiger partial charge in [-0.3, -0.25) is 9.59 Å². The highest BCUT2D eigenvalue weighted by Gasteiger charge is 2.32. The number of hydrogen-bond donors (Lipinski definition) is 2. The molecule has 1 saturated heterocycles. The minimum absolute atomic E-state index is 0.0945. The third-order valence-corrected chi connectivity index (χ3v) is 4.07. The van der Waals surface area contributed by atoms with Gasteiger partial charge in [0.15, 0.2) is 5.17 Å². The molecule has 1 aromatic carbocycles. The molecule has 0 spiro atoms. The molecule has 1 aliphatic rings. The fourth-order valence-electron chi connectivity index (χ4n) is 1.82. The van der Waals surface area contributed by atoms with Gasteiger partial charge in [0, 0.05) is 18.3 Å². The van der Waals surface area contributed by atoms with E-state index in [-0.39, 0.29) is 24.2 Å². The molecule has 1 aromatic rings. The molecule has 0 bridgehead atoms. The van der Waals surface area contributed by atoms with Crippen LogP contribution in [0.3, 0.4) is 0 Å². The summed E-state index contributed by atoms with van der Waals surface area (Å²) < 4.78 is 0. The number of benzene rings is 1. The molecule has 2 rings (SSSR count). The Bertz CT molecular complexity index is 638. The molecule has 1 heterocycles. The fraction of sp³-hybridized carbons (Fsp3) is 0.375. The zero-order chi connectivity index (χ0) is 16.8. The number of carbonyl (C=O) groups excluding carboxylic acids is 2. The van der Waals surface area contributed by atoms with Gasteiger partial charge < -0.3 is 10.6 Å². The summed E-state index contributed by atoms with van der Waals surface area (Å²) in [6.07, 6.45) is 1.79. The number of carbonyl (C=O) groups is 2. The van der Waals surface area contributed by atoms with E-state index in [1.165, 1.54) is 11.8 Å². The van der Waals surface area contributed by atoms with Gasteiger partial charge in [0.25, 0.3) is 0 Å². The molecule has 1 unspecified atom stereocenters. The zero-order valence-corrected chi connectivity index (χ0v) is 14.2. The Kier molecular flexibility index (Phi) is 5.92. The summed E-state index contributed by atoms with van der Waals surface area (Å²) in [6.45, 7) is 5.96. The van der Waals surface area contributed by atoms with Gasteiger partial charge in [-0.1, -0.05) is 43.3 Å². The van der Waals surface area contributed by atoms with Crippen LogP contribution in [0.2, 0.25) is 0 Å². The number of amidine groups is 1. The molecule has 23 heavy (non-hydrogen) atoms. The first-order valence-electron chi connectivity index (χ1n) is 7.39. The minimum atomic E-state index is -0.478. The van der Waals surface area contributed by atoms with Gasteiger partial charge >= 0.3 is 0 Å². The molecule has 0 radical (unpaired) electrons. The van der Waals surface area contributed by atoms with E-state index >= 15 is 0 Å². The summed E-state index contributed by atoms with van der Waals surface area (Å²) in [5.41, 5.74) is 1.84. The van der Waals surface area contributed by atoms with Crippen LogP contribution in [0.4, 0.5) is 5.69 Å². The van der Waals surface area contributed by atoms with Crippen molar-refractivity contribution < 1.29 is 9.59 Å². The summed E-state index contributed by atoms with van der Waals surface area (Å²) in [5.74, 6) is -0.126. The van der Waals surface area contributed by atoms with Crippen molar-refractivity contribution >= 4 is 40.6 Å². The smallest absolute Gasteiger partial charge is 0.240 e. The maximum atomic E-state index is 12.0. The molecule has 0 aromatic heterocycles. The van der Waals surface area contributed by atoms with E-state index in [1.54, 1.807) is 6.21 Å². The van der Waals surface area contributed by atoms with E-state index in [2.05, 4.69) is 20.8 Å². The largest absolute Gasteiger partial charge is 0.326 e. The van der Waals surface area contributed by atoms with Crippen LogP contribution in [-0.2, 0) is 9.59 Å². The topological polar surface area (TPSA) is 82.9 Å². The minimum Gasteiger partial charge on any atom is -0.326 e. The number of amides is 2. The van der Waals surface area contributed by atoms with Crippen LogP contribution in [0.25, 0.3) is 0 Å². The van der Waals surface area contributed by atoms with Crippen LogP contribution < -0.4 is 10.6 Å². The average molecular weight is 332 g/mol. The third kappa shape index (κ3) is 5.52. The van der Waals surface area contributed by atoms with Crippen LogP contribution in [0.5, 0.6) is 0 Å². The molecule has 1 fully saturated rings. The molecule has 0 aliphatic carbocycles. The van der Waals surface area contributed by atoms with E-state index in [1.807, 2.05) is 45.0 Å². The van der Waals surface area contributed by atoms with E-state index in [4.69, 9.17) is 0 Å². The number of hydrogen-bond acceptors (Lipinski definition) is 5. The Labute approximate surface area is 139 Å². The van der Waals surface area contributed by atoms with Gasteiger partial charge in [-0.25, -0.2) is 0 Å². The highest BCUT2D eigenvalue weighted by molar-refractivity contribution is 8.15. The summed E-state index contributed by atoms with van der Waals surface area (Å²) in [5, 5.41) is 13.2. The molecule has 7 heteroatoms. The van der Waals surface area contributed by atoms with E-state index in [9.17, 15) is 9.59 Å². The van der Waals surface area contributed by atoms with Gasteiger partial charge in [-0.15, -0.1) is 5.10 Å². The Morgan fingerprint density at radius 1 is 1.39 bits per heavy atom. The van der Waals surface area contributed by atoms with E-state index < -0.39 is 5.25 Å². The summed E-state index contributed by atoms with van der Waals surface area (Å²) in [4.78, 5) is 23.9. The van der Waals surface area contributed by atoms with Gasteiger partial charge in [0.1, 0.15) is 5.25 Å². The molecule has 1 atom stereocenters. The lowest BCUT2D eigenvalue weighted by Gasteiger charge is -2.07. The lowest BCUT2D eigenvalue weighted by atomic mass is 10.2. The van der Waals surface area contributed by atoms with Crippen molar-refractivity contribution in [3.63, 3.8) is 0 Å². The molecule has 122 valence electrons. The van der Waals surface area contributed by atoms with Crippen molar-refractivity contribution in [3.8, 4) is 0 Å². The van der Waals surface area contributed by atoms with Gasteiger partial charge in [-0.05, 0) is 25.0 Å². The maximum absolute atomic E-state index is 12.0. The molecule has 2 amide bonds. The first-order valence-corrected chi connectivity index (χ1v) is 8.27. The van der Waals surface area contributed by atoms with Crippen LogP contribution in [0.1, 0.15) is 25.8 Å². The van der Waals surface area contributed by atoms with Crippen molar-refractivity contribution in [1.29, 1.82) is 0 Å². The second kappa shape index (κ2) is 7.92. The van der Waals surface area contributed by atoms with Crippen molar-refractivity contribution in [2.75, 3.05) is 5.32 Å². The highest BCUT2D eigenvalue weighted by atomic mass is 32.2. The summed E-state index contributed by atoms with van der Waals surface area (Å²) >= 11 is 1.23. The molecule has 6 nitrogen and oxygen atoms in total.